The second kappa shape index (κ2) is 9.15. The number of benzene rings is 1. The minimum atomic E-state index is -0.239. The Hall–Kier alpha value is -4.79. The van der Waals surface area contributed by atoms with Crippen LogP contribution in [0.5, 0.6) is 0 Å². The number of amides is 1. The van der Waals surface area contributed by atoms with Gasteiger partial charge in [-0.25, -0.2) is 19.6 Å². The van der Waals surface area contributed by atoms with Crippen molar-refractivity contribution in [1.29, 1.82) is 0 Å². The van der Waals surface area contributed by atoms with E-state index >= 15 is 0 Å². The predicted octanol–water partition coefficient (Wildman–Crippen LogP) is 3.36. The standard InChI is InChI=1S/C24H18N8O/c33-23(29-22-7-6-18(15-28-22)19-13-26-16-27-14-19)12-21-24(17-4-2-1-3-5-17)32(31-30-21)20-8-10-25-11-9-20/h1-11,13-16H,12H2,(H,28,29,33). The van der Waals surface area contributed by atoms with Crippen molar-refractivity contribution in [3.05, 3.63) is 97.6 Å². The molecule has 0 bridgehead atoms. The molecule has 1 N–H and O–H groups in total. The molecule has 0 spiro atoms. The predicted molar refractivity (Wildman–Crippen MR) is 122 cm³/mol. The van der Waals surface area contributed by atoms with Gasteiger partial charge in [-0.05, 0) is 24.3 Å². The molecule has 0 aliphatic rings. The molecule has 0 aliphatic carbocycles. The lowest BCUT2D eigenvalue weighted by molar-refractivity contribution is -0.115. The highest BCUT2D eigenvalue weighted by Crippen LogP contribution is 2.25. The van der Waals surface area contributed by atoms with Crippen molar-refractivity contribution in [1.82, 2.24) is 34.9 Å². The quantitative estimate of drug-likeness (QED) is 0.436. The van der Waals surface area contributed by atoms with E-state index in [1.54, 1.807) is 41.7 Å². The minimum Gasteiger partial charge on any atom is -0.310 e. The molecule has 9 heteroatoms. The minimum absolute atomic E-state index is 0.0469. The number of anilines is 1. The van der Waals surface area contributed by atoms with Gasteiger partial charge in [0.25, 0.3) is 0 Å². The van der Waals surface area contributed by atoms with Crippen LogP contribution in [0.25, 0.3) is 28.1 Å². The summed E-state index contributed by atoms with van der Waals surface area (Å²) in [7, 11) is 0. The first kappa shape index (κ1) is 20.1. The van der Waals surface area contributed by atoms with Gasteiger partial charge in [0.1, 0.15) is 17.8 Å². The van der Waals surface area contributed by atoms with E-state index in [-0.39, 0.29) is 12.3 Å². The Balaban J connectivity index is 1.38. The van der Waals surface area contributed by atoms with Crippen LogP contribution in [0.3, 0.4) is 0 Å². The van der Waals surface area contributed by atoms with Crippen molar-refractivity contribution >= 4 is 11.7 Å². The zero-order valence-electron chi connectivity index (χ0n) is 17.4. The molecule has 5 rings (SSSR count). The first-order valence-corrected chi connectivity index (χ1v) is 10.2. The molecule has 33 heavy (non-hydrogen) atoms. The number of aromatic nitrogens is 7. The zero-order chi connectivity index (χ0) is 22.5. The van der Waals surface area contributed by atoms with Crippen LogP contribution in [0.4, 0.5) is 5.82 Å². The zero-order valence-corrected chi connectivity index (χ0v) is 17.4. The summed E-state index contributed by atoms with van der Waals surface area (Å²) >= 11 is 0. The van der Waals surface area contributed by atoms with Crippen LogP contribution in [-0.4, -0.2) is 40.8 Å². The van der Waals surface area contributed by atoms with E-state index in [4.69, 9.17) is 0 Å². The average molecular weight is 434 g/mol. The molecule has 0 unspecified atom stereocenters. The Morgan fingerprint density at radius 1 is 0.818 bits per heavy atom. The van der Waals surface area contributed by atoms with Crippen molar-refractivity contribution in [2.45, 2.75) is 6.42 Å². The van der Waals surface area contributed by atoms with Crippen molar-refractivity contribution in [2.24, 2.45) is 0 Å². The maximum Gasteiger partial charge on any atom is 0.231 e. The Morgan fingerprint density at radius 3 is 2.33 bits per heavy atom. The molecular formula is C24H18N8O. The maximum atomic E-state index is 12.8. The van der Waals surface area contributed by atoms with Crippen molar-refractivity contribution < 1.29 is 4.79 Å². The normalized spacial score (nSPS) is 10.7. The fraction of sp³-hybridized carbons (Fsp3) is 0.0417. The van der Waals surface area contributed by atoms with Crippen LogP contribution < -0.4 is 5.32 Å². The van der Waals surface area contributed by atoms with Crippen molar-refractivity contribution in [3.8, 4) is 28.1 Å². The summed E-state index contributed by atoms with van der Waals surface area (Å²) in [5.41, 5.74) is 4.75. The number of nitrogens with one attached hydrogen (secondary N) is 1. The van der Waals surface area contributed by atoms with Gasteiger partial charge < -0.3 is 5.32 Å². The number of pyridine rings is 2. The van der Waals surface area contributed by atoms with Crippen LogP contribution >= 0.6 is 0 Å². The molecule has 0 saturated carbocycles. The molecule has 5 aromatic rings. The highest BCUT2D eigenvalue weighted by Gasteiger charge is 2.19. The third-order valence-electron chi connectivity index (χ3n) is 4.95. The van der Waals surface area contributed by atoms with Gasteiger partial charge in [-0.15, -0.1) is 5.10 Å². The molecule has 0 atom stereocenters. The summed E-state index contributed by atoms with van der Waals surface area (Å²) in [6.45, 7) is 0. The smallest absolute Gasteiger partial charge is 0.231 e. The fourth-order valence-corrected chi connectivity index (χ4v) is 3.41. The second-order valence-corrected chi connectivity index (χ2v) is 7.15. The molecule has 1 amide bonds. The summed E-state index contributed by atoms with van der Waals surface area (Å²) in [5.74, 6) is 0.209. The lowest BCUT2D eigenvalue weighted by Crippen LogP contribution is -2.16. The van der Waals surface area contributed by atoms with E-state index in [1.165, 1.54) is 6.33 Å². The number of hydrogen-bond donors (Lipinski definition) is 1. The van der Waals surface area contributed by atoms with Gasteiger partial charge in [0.2, 0.25) is 5.91 Å². The summed E-state index contributed by atoms with van der Waals surface area (Å²) < 4.78 is 1.72. The van der Waals surface area contributed by atoms with Gasteiger partial charge in [0, 0.05) is 47.7 Å². The highest BCUT2D eigenvalue weighted by molar-refractivity contribution is 5.92. The first-order valence-electron chi connectivity index (χ1n) is 10.2. The number of carbonyl (C=O) groups is 1. The Bertz CT molecular complexity index is 1350. The van der Waals surface area contributed by atoms with E-state index < -0.39 is 0 Å². The number of rotatable bonds is 6. The number of nitrogens with zero attached hydrogens (tertiary/aromatic N) is 7. The van der Waals surface area contributed by atoms with Crippen LogP contribution in [0, 0.1) is 0 Å². The first-order chi connectivity index (χ1) is 16.3. The van der Waals surface area contributed by atoms with Crippen LogP contribution in [0.1, 0.15) is 5.69 Å². The molecule has 0 fully saturated rings. The average Bonchev–Trinajstić information content (AvgIpc) is 3.29. The molecule has 0 aliphatic heterocycles. The van der Waals surface area contributed by atoms with E-state index in [2.05, 4.69) is 35.6 Å². The van der Waals surface area contributed by atoms with Gasteiger partial charge >= 0.3 is 0 Å². The van der Waals surface area contributed by atoms with Gasteiger partial charge in [0.05, 0.1) is 17.8 Å². The highest BCUT2D eigenvalue weighted by atomic mass is 16.1. The molecule has 0 radical (unpaired) electrons. The lowest BCUT2D eigenvalue weighted by Gasteiger charge is -2.09. The Morgan fingerprint density at radius 2 is 1.61 bits per heavy atom. The summed E-state index contributed by atoms with van der Waals surface area (Å²) in [5, 5.41) is 11.4. The second-order valence-electron chi connectivity index (χ2n) is 7.15. The molecule has 4 aromatic heterocycles. The van der Waals surface area contributed by atoms with Crippen LogP contribution in [0.2, 0.25) is 0 Å². The topological polar surface area (TPSA) is 111 Å². The van der Waals surface area contributed by atoms with Crippen LogP contribution in [0.15, 0.2) is 91.9 Å². The third-order valence-corrected chi connectivity index (χ3v) is 4.95. The van der Waals surface area contributed by atoms with Gasteiger partial charge in [-0.3, -0.25) is 9.78 Å². The largest absolute Gasteiger partial charge is 0.310 e. The molecular weight excluding hydrogens is 416 g/mol. The number of carbonyl (C=O) groups excluding carboxylic acids is 1. The van der Waals surface area contributed by atoms with E-state index in [9.17, 15) is 4.79 Å². The summed E-state index contributed by atoms with van der Waals surface area (Å²) in [6.07, 6.45) is 9.98. The molecule has 0 saturated heterocycles. The molecule has 4 heterocycles. The summed E-state index contributed by atoms with van der Waals surface area (Å²) in [4.78, 5) is 29.2. The van der Waals surface area contributed by atoms with E-state index in [0.717, 1.165) is 28.1 Å². The van der Waals surface area contributed by atoms with Gasteiger partial charge in [-0.2, -0.15) is 0 Å². The van der Waals surface area contributed by atoms with Gasteiger partial charge in [0.15, 0.2) is 0 Å². The monoisotopic (exact) mass is 434 g/mol. The van der Waals surface area contributed by atoms with Gasteiger partial charge in [-0.1, -0.05) is 35.5 Å². The summed E-state index contributed by atoms with van der Waals surface area (Å²) in [6, 6.07) is 17.0. The molecule has 9 nitrogen and oxygen atoms in total. The molecule has 1 aromatic carbocycles. The van der Waals surface area contributed by atoms with E-state index in [1.807, 2.05) is 48.5 Å². The van der Waals surface area contributed by atoms with Crippen molar-refractivity contribution in [3.63, 3.8) is 0 Å². The van der Waals surface area contributed by atoms with Crippen molar-refractivity contribution in [2.75, 3.05) is 5.32 Å². The van der Waals surface area contributed by atoms with Crippen LogP contribution in [-0.2, 0) is 11.2 Å². The van der Waals surface area contributed by atoms with E-state index in [0.29, 0.717) is 11.5 Å². The maximum absolute atomic E-state index is 12.8. The lowest BCUT2D eigenvalue weighted by atomic mass is 10.1. The third kappa shape index (κ3) is 4.47. The SMILES string of the molecule is O=C(Cc1nnn(-c2ccncc2)c1-c1ccccc1)Nc1ccc(-c2cncnc2)cn1. The Kier molecular flexibility index (Phi) is 5.58. The molecule has 160 valence electrons. The number of hydrogen-bond acceptors (Lipinski definition) is 7. The fourth-order valence-electron chi connectivity index (χ4n) is 3.41. The Labute approximate surface area is 189 Å².